The van der Waals surface area contributed by atoms with Crippen LogP contribution in [0.2, 0.25) is 0 Å². The van der Waals surface area contributed by atoms with Crippen molar-refractivity contribution in [3.63, 3.8) is 0 Å². The number of alkyl halides is 2. The highest BCUT2D eigenvalue weighted by Crippen LogP contribution is 2.32. The molecule has 0 aromatic heterocycles. The van der Waals surface area contributed by atoms with Crippen molar-refractivity contribution in [3.05, 3.63) is 66.2 Å². The van der Waals surface area contributed by atoms with E-state index >= 15 is 0 Å². The molecule has 0 saturated carbocycles. The molecule has 2 nitrogen and oxygen atoms in total. The number of ether oxygens (including phenoxy) is 2. The third-order valence-corrected chi connectivity index (χ3v) is 2.98. The van der Waals surface area contributed by atoms with Crippen LogP contribution in [-0.4, -0.2) is 5.60 Å². The summed E-state index contributed by atoms with van der Waals surface area (Å²) in [6, 6.07) is 11.9. The first kappa shape index (κ1) is 17.0. The Morgan fingerprint density at radius 1 is 0.826 bits per heavy atom. The van der Waals surface area contributed by atoms with E-state index in [0.29, 0.717) is 5.75 Å². The van der Waals surface area contributed by atoms with Gasteiger partial charge in [0.2, 0.25) is 0 Å². The van der Waals surface area contributed by atoms with Gasteiger partial charge in [0.25, 0.3) is 0 Å². The Labute approximate surface area is 135 Å². The van der Waals surface area contributed by atoms with E-state index in [2.05, 4.69) is 6.58 Å². The highest BCUT2D eigenvalue weighted by Gasteiger charge is 2.34. The van der Waals surface area contributed by atoms with Crippen LogP contribution in [-0.2, 0) is 6.11 Å². The summed E-state index contributed by atoms with van der Waals surface area (Å²) in [6.45, 7) is 9.34. The van der Waals surface area contributed by atoms with Gasteiger partial charge in [0.05, 0.1) is 5.56 Å². The molecule has 0 saturated heterocycles. The van der Waals surface area contributed by atoms with Crippen molar-refractivity contribution < 1.29 is 18.3 Å². The molecule has 0 unspecified atom stereocenters. The molecule has 0 spiro atoms. The molecule has 4 heteroatoms. The van der Waals surface area contributed by atoms with E-state index in [-0.39, 0.29) is 16.9 Å². The third-order valence-electron chi connectivity index (χ3n) is 2.98. The predicted octanol–water partition coefficient (Wildman–Crippen LogP) is 5.64. The molecule has 0 atom stereocenters. The predicted molar refractivity (Wildman–Crippen MR) is 87.9 cm³/mol. The molecule has 122 valence electrons. The molecule has 0 fully saturated rings. The van der Waals surface area contributed by atoms with Crippen molar-refractivity contribution in [3.8, 4) is 11.5 Å². The second-order valence-corrected chi connectivity index (χ2v) is 6.13. The van der Waals surface area contributed by atoms with E-state index in [0.717, 1.165) is 5.56 Å². The van der Waals surface area contributed by atoms with Crippen LogP contribution in [0, 0.1) is 0 Å². The Hall–Kier alpha value is -2.36. The largest absolute Gasteiger partial charge is 0.488 e. The van der Waals surface area contributed by atoms with Crippen LogP contribution in [0.25, 0.3) is 6.08 Å². The van der Waals surface area contributed by atoms with Crippen LogP contribution in [0.1, 0.15) is 31.9 Å². The van der Waals surface area contributed by atoms with Gasteiger partial charge in [-0.1, -0.05) is 24.8 Å². The van der Waals surface area contributed by atoms with Crippen LogP contribution < -0.4 is 9.47 Å². The zero-order chi connectivity index (χ0) is 17.1. The van der Waals surface area contributed by atoms with Crippen LogP contribution in [0.4, 0.5) is 8.78 Å². The number of hydrogen-bond donors (Lipinski definition) is 0. The van der Waals surface area contributed by atoms with Gasteiger partial charge in [0.1, 0.15) is 17.1 Å². The fourth-order valence-corrected chi connectivity index (χ4v) is 1.95. The van der Waals surface area contributed by atoms with E-state index in [9.17, 15) is 8.78 Å². The molecule has 2 aromatic rings. The topological polar surface area (TPSA) is 18.5 Å². The average Bonchev–Trinajstić information content (AvgIpc) is 2.48. The maximum atomic E-state index is 14.2. The maximum absolute atomic E-state index is 14.2. The van der Waals surface area contributed by atoms with E-state index in [1.54, 1.807) is 30.3 Å². The Balaban J connectivity index is 2.11. The molecular weight excluding hydrogens is 298 g/mol. The van der Waals surface area contributed by atoms with Gasteiger partial charge in [-0.15, -0.1) is 0 Å². The second-order valence-electron chi connectivity index (χ2n) is 6.13. The van der Waals surface area contributed by atoms with E-state index in [1.807, 2.05) is 20.8 Å². The van der Waals surface area contributed by atoms with Gasteiger partial charge in [-0.05, 0) is 62.7 Å². The minimum atomic E-state index is -3.41. The van der Waals surface area contributed by atoms with Crippen molar-refractivity contribution in [2.24, 2.45) is 0 Å². The van der Waals surface area contributed by atoms with Gasteiger partial charge >= 0.3 is 6.11 Å². The molecule has 0 aliphatic heterocycles. The van der Waals surface area contributed by atoms with Crippen molar-refractivity contribution in [1.29, 1.82) is 0 Å². The molecule has 2 rings (SSSR count). The lowest BCUT2D eigenvalue weighted by Crippen LogP contribution is -2.23. The summed E-state index contributed by atoms with van der Waals surface area (Å²) in [6.07, 6.45) is -1.82. The smallest absolute Gasteiger partial charge is 0.426 e. The molecule has 0 aliphatic carbocycles. The number of benzene rings is 2. The fourth-order valence-electron chi connectivity index (χ4n) is 1.95. The van der Waals surface area contributed by atoms with Gasteiger partial charge in [-0.25, -0.2) is 0 Å². The molecule has 0 aliphatic rings. The van der Waals surface area contributed by atoms with Gasteiger partial charge in [0, 0.05) is 0 Å². The summed E-state index contributed by atoms with van der Waals surface area (Å²) in [4.78, 5) is 0. The quantitative estimate of drug-likeness (QED) is 0.710. The molecular formula is C19H20F2O2. The summed E-state index contributed by atoms with van der Waals surface area (Å²) >= 11 is 0. The second kappa shape index (κ2) is 6.41. The summed E-state index contributed by atoms with van der Waals surface area (Å²) < 4.78 is 38.8. The van der Waals surface area contributed by atoms with Crippen LogP contribution in [0.3, 0.4) is 0 Å². The van der Waals surface area contributed by atoms with Gasteiger partial charge in [-0.2, -0.15) is 8.78 Å². The van der Waals surface area contributed by atoms with Gasteiger partial charge in [0.15, 0.2) is 0 Å². The first-order valence-electron chi connectivity index (χ1n) is 7.28. The standard InChI is InChI=1S/C19H20F2O2/c1-5-14-6-8-15(9-7-14)19(20,21)23-17-12-10-16(11-13-17)22-18(2,3)4/h5-13H,1H2,2-4H3. The molecule has 0 amide bonds. The summed E-state index contributed by atoms with van der Waals surface area (Å²) in [5.41, 5.74) is 0.213. The first-order chi connectivity index (χ1) is 10.7. The highest BCUT2D eigenvalue weighted by atomic mass is 19.3. The van der Waals surface area contributed by atoms with Crippen LogP contribution in [0.15, 0.2) is 55.1 Å². The molecule has 0 heterocycles. The van der Waals surface area contributed by atoms with Gasteiger partial charge in [-0.3, -0.25) is 0 Å². The number of rotatable bonds is 5. The van der Waals surface area contributed by atoms with Crippen molar-refractivity contribution in [1.82, 2.24) is 0 Å². The summed E-state index contributed by atoms with van der Waals surface area (Å²) in [5.74, 6) is 0.674. The highest BCUT2D eigenvalue weighted by molar-refractivity contribution is 5.47. The number of halogens is 2. The summed E-state index contributed by atoms with van der Waals surface area (Å²) in [5, 5.41) is 0. The SMILES string of the molecule is C=Cc1ccc(C(F)(F)Oc2ccc(OC(C)(C)C)cc2)cc1. The molecule has 23 heavy (non-hydrogen) atoms. The first-order valence-corrected chi connectivity index (χ1v) is 7.28. The zero-order valence-electron chi connectivity index (χ0n) is 13.5. The van der Waals surface area contributed by atoms with E-state index in [1.165, 1.54) is 24.3 Å². The van der Waals surface area contributed by atoms with Crippen molar-refractivity contribution in [2.45, 2.75) is 32.5 Å². The normalized spacial score (nSPS) is 11.9. The number of hydrogen-bond acceptors (Lipinski definition) is 2. The van der Waals surface area contributed by atoms with E-state index in [4.69, 9.17) is 9.47 Å². The Kier molecular flexibility index (Phi) is 4.73. The lowest BCUT2D eigenvalue weighted by molar-refractivity contribution is -0.185. The molecule has 0 N–H and O–H groups in total. The molecule has 2 aromatic carbocycles. The Morgan fingerprint density at radius 3 is 1.74 bits per heavy atom. The summed E-state index contributed by atoms with van der Waals surface area (Å²) in [7, 11) is 0. The molecule has 0 bridgehead atoms. The maximum Gasteiger partial charge on any atom is 0.426 e. The lowest BCUT2D eigenvalue weighted by Gasteiger charge is -2.22. The average molecular weight is 318 g/mol. The monoisotopic (exact) mass is 318 g/mol. The Bertz CT molecular complexity index is 653. The van der Waals surface area contributed by atoms with Gasteiger partial charge < -0.3 is 9.47 Å². The lowest BCUT2D eigenvalue weighted by atomic mass is 10.1. The zero-order valence-corrected chi connectivity index (χ0v) is 13.5. The van der Waals surface area contributed by atoms with Crippen LogP contribution >= 0.6 is 0 Å². The fraction of sp³-hybridized carbons (Fsp3) is 0.263. The van der Waals surface area contributed by atoms with Crippen molar-refractivity contribution >= 4 is 6.08 Å². The minimum absolute atomic E-state index is 0.0732. The molecule has 0 radical (unpaired) electrons. The van der Waals surface area contributed by atoms with Crippen molar-refractivity contribution in [2.75, 3.05) is 0 Å². The minimum Gasteiger partial charge on any atom is -0.488 e. The Morgan fingerprint density at radius 2 is 1.30 bits per heavy atom. The third kappa shape index (κ3) is 4.81. The van der Waals surface area contributed by atoms with Crippen LogP contribution in [0.5, 0.6) is 11.5 Å². The van der Waals surface area contributed by atoms with E-state index < -0.39 is 6.11 Å².